The third-order valence-corrected chi connectivity index (χ3v) is 5.74. The molecule has 0 saturated carbocycles. The lowest BCUT2D eigenvalue weighted by Gasteiger charge is -2.32. The molecule has 3 aromatic rings. The number of imidazole rings is 1. The molecule has 1 atom stereocenters. The highest BCUT2D eigenvalue weighted by Gasteiger charge is 2.30. The molecule has 1 fully saturated rings. The first kappa shape index (κ1) is 17.8. The molecule has 1 unspecified atom stereocenters. The molecule has 1 aliphatic rings. The quantitative estimate of drug-likeness (QED) is 0.678. The van der Waals surface area contributed by atoms with Gasteiger partial charge in [-0.25, -0.2) is 4.98 Å². The summed E-state index contributed by atoms with van der Waals surface area (Å²) >= 11 is 1.20. The summed E-state index contributed by atoms with van der Waals surface area (Å²) in [4.78, 5) is 24.4. The van der Waals surface area contributed by atoms with Crippen LogP contribution in [0.3, 0.4) is 0 Å². The van der Waals surface area contributed by atoms with Gasteiger partial charge in [-0.3, -0.25) is 9.78 Å². The molecule has 0 bridgehead atoms. The number of aryl methyl sites for hydroxylation is 1. The standard InChI is InChI=1S/C19H22N6OS/c1-2-16-17(27-23-22-16)19(26)25-9-4-6-15(13-25)18-21-8-10-24(18)12-14-5-3-7-20-11-14/h3,5,7-8,10-11,15H,2,4,6,9,12-13H2,1H3. The summed E-state index contributed by atoms with van der Waals surface area (Å²) in [5.74, 6) is 1.33. The van der Waals surface area contributed by atoms with Crippen molar-refractivity contribution in [3.63, 3.8) is 0 Å². The molecular formula is C19H22N6OS. The Morgan fingerprint density at radius 2 is 2.30 bits per heavy atom. The average molecular weight is 382 g/mol. The Hall–Kier alpha value is -2.61. The second kappa shape index (κ2) is 7.96. The predicted octanol–water partition coefficient (Wildman–Crippen LogP) is 2.76. The summed E-state index contributed by atoms with van der Waals surface area (Å²) in [5, 5.41) is 4.08. The van der Waals surface area contributed by atoms with Crippen LogP contribution in [0.25, 0.3) is 0 Å². The molecule has 0 aliphatic carbocycles. The van der Waals surface area contributed by atoms with Crippen molar-refractivity contribution < 1.29 is 4.79 Å². The zero-order valence-electron chi connectivity index (χ0n) is 15.3. The first-order valence-corrected chi connectivity index (χ1v) is 10.0. The predicted molar refractivity (Wildman–Crippen MR) is 103 cm³/mol. The Balaban J connectivity index is 1.51. The molecule has 0 radical (unpaired) electrons. The van der Waals surface area contributed by atoms with E-state index in [1.54, 1.807) is 6.20 Å². The maximum atomic E-state index is 13.0. The van der Waals surface area contributed by atoms with Gasteiger partial charge < -0.3 is 9.47 Å². The van der Waals surface area contributed by atoms with Gasteiger partial charge in [0.2, 0.25) is 0 Å². The van der Waals surface area contributed by atoms with Crippen molar-refractivity contribution in [1.29, 1.82) is 0 Å². The van der Waals surface area contributed by atoms with Gasteiger partial charge in [0, 0.05) is 43.8 Å². The van der Waals surface area contributed by atoms with Crippen molar-refractivity contribution >= 4 is 17.4 Å². The number of piperidine rings is 1. The summed E-state index contributed by atoms with van der Waals surface area (Å²) in [5.41, 5.74) is 1.94. The topological polar surface area (TPSA) is 76.8 Å². The van der Waals surface area contributed by atoms with Crippen LogP contribution in [0.4, 0.5) is 0 Å². The lowest BCUT2D eigenvalue weighted by Crippen LogP contribution is -2.39. The number of hydrogen-bond acceptors (Lipinski definition) is 6. The first-order chi connectivity index (χ1) is 13.3. The highest BCUT2D eigenvalue weighted by Crippen LogP contribution is 2.28. The molecule has 4 heterocycles. The van der Waals surface area contributed by atoms with Gasteiger partial charge in [-0.15, -0.1) is 5.10 Å². The van der Waals surface area contributed by atoms with Crippen molar-refractivity contribution in [1.82, 2.24) is 29.0 Å². The van der Waals surface area contributed by atoms with Crippen molar-refractivity contribution in [3.8, 4) is 0 Å². The van der Waals surface area contributed by atoms with Gasteiger partial charge in [-0.05, 0) is 42.4 Å². The van der Waals surface area contributed by atoms with Crippen LogP contribution in [0.5, 0.6) is 0 Å². The van der Waals surface area contributed by atoms with Crippen LogP contribution in [0.2, 0.25) is 0 Å². The second-order valence-electron chi connectivity index (χ2n) is 6.77. The smallest absolute Gasteiger partial charge is 0.267 e. The number of carbonyl (C=O) groups is 1. The van der Waals surface area contributed by atoms with Crippen LogP contribution in [0.15, 0.2) is 36.9 Å². The number of carbonyl (C=O) groups excluding carboxylic acids is 1. The average Bonchev–Trinajstić information content (AvgIpc) is 3.37. The van der Waals surface area contributed by atoms with Crippen molar-refractivity contribution in [2.45, 2.75) is 38.6 Å². The van der Waals surface area contributed by atoms with Gasteiger partial charge in [0.15, 0.2) is 0 Å². The Morgan fingerprint density at radius 1 is 1.37 bits per heavy atom. The van der Waals surface area contributed by atoms with Crippen LogP contribution < -0.4 is 0 Å². The molecule has 140 valence electrons. The van der Waals surface area contributed by atoms with Crippen molar-refractivity contribution in [2.75, 3.05) is 13.1 Å². The van der Waals surface area contributed by atoms with E-state index >= 15 is 0 Å². The van der Waals surface area contributed by atoms with Crippen LogP contribution in [0, 0.1) is 0 Å². The summed E-state index contributed by atoms with van der Waals surface area (Å²) in [6.45, 7) is 4.21. The van der Waals surface area contributed by atoms with Gasteiger partial charge in [-0.2, -0.15) is 0 Å². The van der Waals surface area contributed by atoms with E-state index in [1.807, 2.05) is 36.5 Å². The minimum absolute atomic E-state index is 0.0527. The maximum absolute atomic E-state index is 13.0. The molecule has 27 heavy (non-hydrogen) atoms. The van der Waals surface area contributed by atoms with Gasteiger partial charge >= 0.3 is 0 Å². The molecule has 1 aliphatic heterocycles. The SMILES string of the molecule is CCc1nnsc1C(=O)N1CCCC(c2nccn2Cc2cccnc2)C1. The zero-order chi connectivity index (χ0) is 18.6. The van der Waals surface area contributed by atoms with Gasteiger partial charge in [-0.1, -0.05) is 17.5 Å². The zero-order valence-corrected chi connectivity index (χ0v) is 16.1. The fourth-order valence-corrected chi connectivity index (χ4v) is 4.34. The van der Waals surface area contributed by atoms with E-state index in [2.05, 4.69) is 30.2 Å². The van der Waals surface area contributed by atoms with E-state index in [-0.39, 0.29) is 11.8 Å². The molecule has 3 aromatic heterocycles. The Morgan fingerprint density at radius 3 is 3.11 bits per heavy atom. The number of pyridine rings is 1. The monoisotopic (exact) mass is 382 g/mol. The number of hydrogen-bond donors (Lipinski definition) is 0. The summed E-state index contributed by atoms with van der Waals surface area (Å²) in [6, 6.07) is 4.01. The maximum Gasteiger partial charge on any atom is 0.267 e. The van der Waals surface area contributed by atoms with E-state index in [4.69, 9.17) is 0 Å². The lowest BCUT2D eigenvalue weighted by molar-refractivity contribution is 0.0707. The lowest BCUT2D eigenvalue weighted by atomic mass is 9.96. The molecule has 4 rings (SSSR count). The minimum atomic E-state index is 0.0527. The van der Waals surface area contributed by atoms with E-state index in [0.29, 0.717) is 11.4 Å². The van der Waals surface area contributed by atoms with E-state index in [0.717, 1.165) is 49.4 Å². The molecule has 0 N–H and O–H groups in total. The van der Waals surface area contributed by atoms with E-state index in [9.17, 15) is 4.79 Å². The summed E-state index contributed by atoms with van der Waals surface area (Å²) < 4.78 is 6.13. The molecule has 0 aromatic carbocycles. The minimum Gasteiger partial charge on any atom is -0.337 e. The van der Waals surface area contributed by atoms with Gasteiger partial charge in [0.1, 0.15) is 10.7 Å². The summed E-state index contributed by atoms with van der Waals surface area (Å²) in [7, 11) is 0. The molecular weight excluding hydrogens is 360 g/mol. The Bertz CT molecular complexity index is 906. The number of amides is 1. The van der Waals surface area contributed by atoms with Crippen LogP contribution >= 0.6 is 11.5 Å². The van der Waals surface area contributed by atoms with Crippen molar-refractivity contribution in [2.24, 2.45) is 0 Å². The fourth-order valence-electron chi connectivity index (χ4n) is 3.62. The molecule has 7 nitrogen and oxygen atoms in total. The second-order valence-corrected chi connectivity index (χ2v) is 7.52. The first-order valence-electron chi connectivity index (χ1n) is 9.26. The number of rotatable bonds is 5. The van der Waals surface area contributed by atoms with Gasteiger partial charge in [0.05, 0.1) is 12.2 Å². The van der Waals surface area contributed by atoms with Gasteiger partial charge in [0.25, 0.3) is 5.91 Å². The fraction of sp³-hybridized carbons (Fsp3) is 0.421. The third kappa shape index (κ3) is 3.75. The highest BCUT2D eigenvalue weighted by molar-refractivity contribution is 7.08. The normalized spacial score (nSPS) is 17.2. The van der Waals surface area contributed by atoms with E-state index < -0.39 is 0 Å². The van der Waals surface area contributed by atoms with Crippen molar-refractivity contribution in [3.05, 3.63) is 58.9 Å². The molecule has 0 spiro atoms. The number of likely N-dealkylation sites (tertiary alicyclic amines) is 1. The number of nitrogens with zero attached hydrogens (tertiary/aromatic N) is 6. The van der Waals surface area contributed by atoms with Crippen LogP contribution in [0.1, 0.15) is 52.4 Å². The number of aromatic nitrogens is 5. The Labute approximate surface area is 162 Å². The third-order valence-electron chi connectivity index (χ3n) is 4.98. The summed E-state index contributed by atoms with van der Waals surface area (Å²) in [6.07, 6.45) is 10.2. The largest absolute Gasteiger partial charge is 0.337 e. The molecule has 1 saturated heterocycles. The molecule has 1 amide bonds. The highest BCUT2D eigenvalue weighted by atomic mass is 32.1. The molecule has 8 heteroatoms. The Kier molecular flexibility index (Phi) is 5.24. The van der Waals surface area contributed by atoms with E-state index in [1.165, 1.54) is 11.5 Å². The van der Waals surface area contributed by atoms with Crippen LogP contribution in [-0.4, -0.2) is 48.0 Å². The van der Waals surface area contributed by atoms with Crippen LogP contribution in [-0.2, 0) is 13.0 Å².